The first-order valence-corrected chi connectivity index (χ1v) is 9.31. The standard InChI is InChI=1S/C20H26N2O3/c1-24-15-7-8-18-16(11-15)17(12-21-18)13-4-2-5-14(10-13)22-20(23)19-6-3-9-25-19/h7-8,11-14,19,21H,2-6,9-10H2,1H3,(H,22,23)/t13-,14+,19-/m1/s1. The smallest absolute Gasteiger partial charge is 0.249 e. The van der Waals surface area contributed by atoms with E-state index in [2.05, 4.69) is 28.6 Å². The van der Waals surface area contributed by atoms with Crippen LogP contribution in [0.1, 0.15) is 50.0 Å². The molecule has 5 heteroatoms. The average Bonchev–Trinajstić information content (AvgIpc) is 3.31. The number of hydrogen-bond acceptors (Lipinski definition) is 3. The van der Waals surface area contributed by atoms with Crippen LogP contribution >= 0.6 is 0 Å². The highest BCUT2D eigenvalue weighted by atomic mass is 16.5. The number of aromatic nitrogens is 1. The molecule has 3 atom stereocenters. The Labute approximate surface area is 148 Å². The Morgan fingerprint density at radius 3 is 3.00 bits per heavy atom. The molecule has 134 valence electrons. The summed E-state index contributed by atoms with van der Waals surface area (Å²) in [5.74, 6) is 1.42. The molecule has 1 aromatic carbocycles. The maximum absolute atomic E-state index is 12.3. The Morgan fingerprint density at radius 1 is 1.28 bits per heavy atom. The van der Waals surface area contributed by atoms with Gasteiger partial charge in [0.15, 0.2) is 0 Å². The van der Waals surface area contributed by atoms with Crippen molar-refractivity contribution in [2.45, 2.75) is 56.6 Å². The first-order valence-electron chi connectivity index (χ1n) is 9.31. The maximum Gasteiger partial charge on any atom is 0.249 e. The number of rotatable bonds is 4. The molecule has 2 aromatic rings. The minimum Gasteiger partial charge on any atom is -0.497 e. The Balaban J connectivity index is 1.48. The Morgan fingerprint density at radius 2 is 2.20 bits per heavy atom. The van der Waals surface area contributed by atoms with E-state index in [9.17, 15) is 4.79 Å². The predicted octanol–water partition coefficient (Wildman–Crippen LogP) is 3.50. The van der Waals surface area contributed by atoms with Crippen LogP contribution < -0.4 is 10.1 Å². The molecule has 1 amide bonds. The number of nitrogens with one attached hydrogen (secondary N) is 2. The molecule has 2 fully saturated rings. The number of methoxy groups -OCH3 is 1. The molecular formula is C20H26N2O3. The lowest BCUT2D eigenvalue weighted by Gasteiger charge is -2.30. The van der Waals surface area contributed by atoms with Crippen molar-refractivity contribution < 1.29 is 14.3 Å². The van der Waals surface area contributed by atoms with Gasteiger partial charge in [0.1, 0.15) is 11.9 Å². The summed E-state index contributed by atoms with van der Waals surface area (Å²) in [4.78, 5) is 15.7. The predicted molar refractivity (Wildman–Crippen MR) is 97.0 cm³/mol. The van der Waals surface area contributed by atoms with Crippen molar-refractivity contribution in [3.05, 3.63) is 30.0 Å². The van der Waals surface area contributed by atoms with Crippen LogP contribution in [0.3, 0.4) is 0 Å². The number of H-pyrrole nitrogens is 1. The number of fused-ring (bicyclic) bond motifs is 1. The number of benzene rings is 1. The van der Waals surface area contributed by atoms with E-state index in [0.29, 0.717) is 12.5 Å². The quantitative estimate of drug-likeness (QED) is 0.894. The lowest BCUT2D eigenvalue weighted by Crippen LogP contribution is -2.43. The molecule has 1 saturated carbocycles. The van der Waals surface area contributed by atoms with Gasteiger partial charge in [0, 0.05) is 29.7 Å². The normalized spacial score (nSPS) is 26.7. The van der Waals surface area contributed by atoms with E-state index in [-0.39, 0.29) is 18.1 Å². The summed E-state index contributed by atoms with van der Waals surface area (Å²) in [5, 5.41) is 4.46. The van der Waals surface area contributed by atoms with Gasteiger partial charge in [-0.2, -0.15) is 0 Å². The zero-order valence-electron chi connectivity index (χ0n) is 14.7. The number of hydrogen-bond donors (Lipinski definition) is 2. The third-order valence-electron chi connectivity index (χ3n) is 5.60. The van der Waals surface area contributed by atoms with Gasteiger partial charge >= 0.3 is 0 Å². The second-order valence-electron chi connectivity index (χ2n) is 7.23. The van der Waals surface area contributed by atoms with Gasteiger partial charge in [0.2, 0.25) is 5.91 Å². The molecule has 5 nitrogen and oxygen atoms in total. The fourth-order valence-corrected chi connectivity index (χ4v) is 4.27. The van der Waals surface area contributed by atoms with Gasteiger partial charge in [-0.3, -0.25) is 4.79 Å². The van der Waals surface area contributed by atoms with E-state index in [0.717, 1.165) is 49.8 Å². The number of amides is 1. The van der Waals surface area contributed by atoms with Gasteiger partial charge in [-0.25, -0.2) is 0 Å². The second kappa shape index (κ2) is 7.08. The van der Waals surface area contributed by atoms with Crippen LogP contribution in [0.5, 0.6) is 5.75 Å². The van der Waals surface area contributed by atoms with E-state index in [1.165, 1.54) is 10.9 Å². The molecule has 1 aromatic heterocycles. The van der Waals surface area contributed by atoms with Crippen LogP contribution in [0.4, 0.5) is 0 Å². The minimum atomic E-state index is -0.238. The van der Waals surface area contributed by atoms with Gasteiger partial charge in [-0.1, -0.05) is 6.42 Å². The molecule has 0 unspecified atom stereocenters. The van der Waals surface area contributed by atoms with Gasteiger partial charge in [0.25, 0.3) is 0 Å². The highest BCUT2D eigenvalue weighted by molar-refractivity contribution is 5.85. The van der Waals surface area contributed by atoms with Gasteiger partial charge in [-0.05, 0) is 61.8 Å². The lowest BCUT2D eigenvalue weighted by molar-refractivity contribution is -0.131. The molecule has 2 heterocycles. The van der Waals surface area contributed by atoms with E-state index in [4.69, 9.17) is 9.47 Å². The Bertz CT molecular complexity index is 748. The average molecular weight is 342 g/mol. The Kier molecular flexibility index (Phi) is 4.66. The topological polar surface area (TPSA) is 63.3 Å². The third-order valence-corrected chi connectivity index (χ3v) is 5.60. The van der Waals surface area contributed by atoms with Crippen molar-refractivity contribution in [1.82, 2.24) is 10.3 Å². The van der Waals surface area contributed by atoms with Crippen LogP contribution in [0.25, 0.3) is 10.9 Å². The molecule has 0 radical (unpaired) electrons. The van der Waals surface area contributed by atoms with Crippen LogP contribution in [-0.4, -0.2) is 36.8 Å². The number of carbonyl (C=O) groups excluding carboxylic acids is 1. The van der Waals surface area contributed by atoms with Crippen molar-refractivity contribution in [3.63, 3.8) is 0 Å². The first kappa shape index (κ1) is 16.5. The minimum absolute atomic E-state index is 0.0729. The van der Waals surface area contributed by atoms with Crippen molar-refractivity contribution in [3.8, 4) is 5.75 Å². The first-order chi connectivity index (χ1) is 12.2. The molecule has 1 saturated heterocycles. The molecule has 2 N–H and O–H groups in total. The van der Waals surface area contributed by atoms with Crippen LogP contribution in [-0.2, 0) is 9.53 Å². The number of carbonyl (C=O) groups is 1. The number of aromatic amines is 1. The van der Waals surface area contributed by atoms with Gasteiger partial charge in [-0.15, -0.1) is 0 Å². The molecule has 0 bridgehead atoms. The van der Waals surface area contributed by atoms with Crippen LogP contribution in [0.15, 0.2) is 24.4 Å². The van der Waals surface area contributed by atoms with Crippen LogP contribution in [0.2, 0.25) is 0 Å². The third kappa shape index (κ3) is 3.38. The summed E-state index contributed by atoms with van der Waals surface area (Å²) in [6.45, 7) is 0.711. The summed E-state index contributed by atoms with van der Waals surface area (Å²) >= 11 is 0. The van der Waals surface area contributed by atoms with E-state index >= 15 is 0 Å². The molecule has 1 aliphatic carbocycles. The van der Waals surface area contributed by atoms with Crippen molar-refractivity contribution in [2.24, 2.45) is 0 Å². The molecule has 2 aliphatic rings. The maximum atomic E-state index is 12.3. The summed E-state index contributed by atoms with van der Waals surface area (Å²) < 4.78 is 10.9. The second-order valence-corrected chi connectivity index (χ2v) is 7.23. The van der Waals surface area contributed by atoms with Crippen molar-refractivity contribution in [1.29, 1.82) is 0 Å². The summed E-state index contributed by atoms with van der Waals surface area (Å²) in [6, 6.07) is 6.40. The molecule has 1 aliphatic heterocycles. The zero-order valence-corrected chi connectivity index (χ0v) is 14.7. The molecular weight excluding hydrogens is 316 g/mol. The van der Waals surface area contributed by atoms with E-state index in [1.54, 1.807) is 7.11 Å². The molecule has 4 rings (SSSR count). The highest BCUT2D eigenvalue weighted by Gasteiger charge is 2.29. The lowest BCUT2D eigenvalue weighted by atomic mass is 9.81. The fraction of sp³-hybridized carbons (Fsp3) is 0.550. The van der Waals surface area contributed by atoms with E-state index < -0.39 is 0 Å². The molecule has 25 heavy (non-hydrogen) atoms. The Hall–Kier alpha value is -2.01. The van der Waals surface area contributed by atoms with E-state index in [1.807, 2.05) is 6.07 Å². The molecule has 0 spiro atoms. The number of ether oxygens (including phenoxy) is 2. The van der Waals surface area contributed by atoms with Crippen molar-refractivity contribution in [2.75, 3.05) is 13.7 Å². The zero-order chi connectivity index (χ0) is 17.2. The largest absolute Gasteiger partial charge is 0.497 e. The van der Waals surface area contributed by atoms with Gasteiger partial charge in [0.05, 0.1) is 7.11 Å². The highest BCUT2D eigenvalue weighted by Crippen LogP contribution is 2.37. The van der Waals surface area contributed by atoms with Gasteiger partial charge < -0.3 is 19.8 Å². The monoisotopic (exact) mass is 342 g/mol. The van der Waals surface area contributed by atoms with Crippen molar-refractivity contribution >= 4 is 16.8 Å². The SMILES string of the molecule is COc1ccc2[nH]cc([C@@H]3CCC[C@H](NC(=O)[C@H]4CCCO4)C3)c2c1. The summed E-state index contributed by atoms with van der Waals surface area (Å²) in [5.41, 5.74) is 2.48. The summed E-state index contributed by atoms with van der Waals surface area (Å²) in [7, 11) is 1.70. The fourth-order valence-electron chi connectivity index (χ4n) is 4.27. The summed E-state index contributed by atoms with van der Waals surface area (Å²) in [6.07, 6.45) is 8.07. The van der Waals surface area contributed by atoms with Crippen LogP contribution in [0, 0.1) is 0 Å².